The number of nitrogens with one attached hydrogen (secondary N) is 2. The largest absolute Gasteiger partial charge is 0.497 e. The van der Waals surface area contributed by atoms with Crippen molar-refractivity contribution in [3.05, 3.63) is 68.9 Å². The molecule has 0 unspecified atom stereocenters. The predicted molar refractivity (Wildman–Crippen MR) is 110 cm³/mol. The number of carbonyl (C=O) groups is 1. The molecular formula is C21H23N3O5. The lowest BCUT2D eigenvalue weighted by Gasteiger charge is -2.18. The number of carbonyl (C=O) groups excluding carboxylic acids is 1. The van der Waals surface area contributed by atoms with Gasteiger partial charge in [0.2, 0.25) is 5.91 Å². The Labute approximate surface area is 167 Å². The summed E-state index contributed by atoms with van der Waals surface area (Å²) in [5, 5.41) is 3.31. The van der Waals surface area contributed by atoms with Gasteiger partial charge in [-0.15, -0.1) is 0 Å². The fourth-order valence-electron chi connectivity index (χ4n) is 3.25. The normalized spacial score (nSPS) is 11.8. The van der Waals surface area contributed by atoms with E-state index in [0.717, 1.165) is 5.56 Å². The van der Waals surface area contributed by atoms with Crippen molar-refractivity contribution in [2.45, 2.75) is 25.9 Å². The third-order valence-corrected chi connectivity index (χ3v) is 4.75. The first-order valence-electron chi connectivity index (χ1n) is 9.17. The zero-order valence-corrected chi connectivity index (χ0v) is 16.5. The Morgan fingerprint density at radius 1 is 1.14 bits per heavy atom. The van der Waals surface area contributed by atoms with Gasteiger partial charge in [0.05, 0.1) is 31.2 Å². The first-order chi connectivity index (χ1) is 13.9. The van der Waals surface area contributed by atoms with Crippen LogP contribution in [0, 0.1) is 0 Å². The van der Waals surface area contributed by atoms with Crippen molar-refractivity contribution in [1.29, 1.82) is 0 Å². The van der Waals surface area contributed by atoms with Crippen LogP contribution in [0.5, 0.6) is 11.5 Å². The van der Waals surface area contributed by atoms with Crippen molar-refractivity contribution < 1.29 is 14.3 Å². The highest BCUT2D eigenvalue weighted by molar-refractivity contribution is 5.79. The molecule has 29 heavy (non-hydrogen) atoms. The van der Waals surface area contributed by atoms with Crippen molar-refractivity contribution in [1.82, 2.24) is 14.9 Å². The van der Waals surface area contributed by atoms with Crippen LogP contribution in [-0.4, -0.2) is 29.7 Å². The Bertz CT molecular complexity index is 1150. The smallest absolute Gasteiger partial charge is 0.328 e. The van der Waals surface area contributed by atoms with Crippen LogP contribution in [0.2, 0.25) is 0 Å². The molecule has 0 fully saturated rings. The second-order valence-electron chi connectivity index (χ2n) is 6.58. The summed E-state index contributed by atoms with van der Waals surface area (Å²) in [5.74, 6) is 1.07. The number of methoxy groups -OCH3 is 2. The molecule has 0 aliphatic carbocycles. The summed E-state index contributed by atoms with van der Waals surface area (Å²) in [4.78, 5) is 38.9. The molecule has 0 saturated carbocycles. The summed E-state index contributed by atoms with van der Waals surface area (Å²) in [5.41, 5.74) is 0.303. The molecule has 0 bridgehead atoms. The van der Waals surface area contributed by atoms with Crippen molar-refractivity contribution in [2.75, 3.05) is 14.2 Å². The fourth-order valence-corrected chi connectivity index (χ4v) is 3.25. The maximum absolute atomic E-state index is 12.5. The number of hydrogen-bond donors (Lipinski definition) is 2. The van der Waals surface area contributed by atoms with Crippen LogP contribution >= 0.6 is 0 Å². The van der Waals surface area contributed by atoms with E-state index in [-0.39, 0.29) is 24.9 Å². The highest BCUT2D eigenvalue weighted by Crippen LogP contribution is 2.29. The van der Waals surface area contributed by atoms with Gasteiger partial charge in [-0.05, 0) is 37.3 Å². The number of aromatic nitrogens is 2. The molecule has 8 heteroatoms. The summed E-state index contributed by atoms with van der Waals surface area (Å²) >= 11 is 0. The van der Waals surface area contributed by atoms with Crippen LogP contribution in [0.1, 0.15) is 24.9 Å². The Hall–Kier alpha value is -3.55. The van der Waals surface area contributed by atoms with E-state index in [9.17, 15) is 14.4 Å². The number of para-hydroxylation sites is 1. The van der Waals surface area contributed by atoms with E-state index in [1.165, 1.54) is 4.57 Å². The van der Waals surface area contributed by atoms with Gasteiger partial charge in [-0.25, -0.2) is 4.79 Å². The zero-order valence-electron chi connectivity index (χ0n) is 16.5. The van der Waals surface area contributed by atoms with Crippen molar-refractivity contribution in [2.24, 2.45) is 0 Å². The third kappa shape index (κ3) is 4.31. The molecule has 8 nitrogen and oxygen atoms in total. The van der Waals surface area contributed by atoms with Crippen LogP contribution < -0.4 is 26.0 Å². The van der Waals surface area contributed by atoms with E-state index >= 15 is 0 Å². The summed E-state index contributed by atoms with van der Waals surface area (Å²) < 4.78 is 12.0. The lowest BCUT2D eigenvalue weighted by molar-refractivity contribution is -0.121. The van der Waals surface area contributed by atoms with E-state index in [1.54, 1.807) is 50.6 Å². The predicted octanol–water partition coefficient (Wildman–Crippen LogP) is 1.97. The molecule has 0 aliphatic heterocycles. The molecule has 0 aliphatic rings. The minimum atomic E-state index is -0.538. The number of rotatable bonds is 7. The maximum Gasteiger partial charge on any atom is 0.328 e. The number of H-pyrrole nitrogens is 1. The quantitative estimate of drug-likeness (QED) is 0.635. The van der Waals surface area contributed by atoms with E-state index < -0.39 is 11.2 Å². The first kappa shape index (κ1) is 20.2. The van der Waals surface area contributed by atoms with E-state index in [4.69, 9.17) is 9.47 Å². The van der Waals surface area contributed by atoms with Crippen molar-refractivity contribution >= 4 is 16.8 Å². The van der Waals surface area contributed by atoms with Gasteiger partial charge in [-0.3, -0.25) is 19.1 Å². The number of fused-ring (bicyclic) bond motifs is 1. The fraction of sp³-hybridized carbons (Fsp3) is 0.286. The standard InChI is InChI=1S/C21H23N3O5/c1-13(16-12-14(28-2)8-9-18(16)29-3)22-19(25)10-11-24-17-7-5-4-6-15(17)20(26)23-21(24)27/h4-9,12-13H,10-11H2,1-3H3,(H,22,25)(H,23,26,27)/t13-/m1/s1. The van der Waals surface area contributed by atoms with Gasteiger partial charge in [0, 0.05) is 18.5 Å². The Morgan fingerprint density at radius 3 is 2.62 bits per heavy atom. The minimum Gasteiger partial charge on any atom is -0.497 e. The molecule has 152 valence electrons. The van der Waals surface area contributed by atoms with Crippen LogP contribution in [0.15, 0.2) is 52.1 Å². The van der Waals surface area contributed by atoms with Crippen LogP contribution in [-0.2, 0) is 11.3 Å². The van der Waals surface area contributed by atoms with E-state index in [2.05, 4.69) is 10.3 Å². The molecule has 0 spiro atoms. The average molecular weight is 397 g/mol. The Kier molecular flexibility index (Phi) is 6.01. The molecule has 1 heterocycles. The molecule has 2 aromatic carbocycles. The topological polar surface area (TPSA) is 102 Å². The number of hydrogen-bond acceptors (Lipinski definition) is 5. The van der Waals surface area contributed by atoms with E-state index in [0.29, 0.717) is 22.4 Å². The SMILES string of the molecule is COc1ccc(OC)c([C@@H](C)NC(=O)CCn2c(=O)[nH]c(=O)c3ccccc32)c1. The summed E-state index contributed by atoms with van der Waals surface area (Å²) in [6, 6.07) is 11.8. The van der Waals surface area contributed by atoms with Gasteiger partial charge in [0.25, 0.3) is 5.56 Å². The molecule has 0 radical (unpaired) electrons. The Balaban J connectivity index is 1.75. The number of amides is 1. The van der Waals surface area contributed by atoms with Crippen LogP contribution in [0.3, 0.4) is 0 Å². The zero-order chi connectivity index (χ0) is 21.0. The van der Waals surface area contributed by atoms with Gasteiger partial charge in [-0.2, -0.15) is 0 Å². The van der Waals surface area contributed by atoms with Gasteiger partial charge in [0.15, 0.2) is 0 Å². The average Bonchev–Trinajstić information content (AvgIpc) is 2.73. The highest BCUT2D eigenvalue weighted by atomic mass is 16.5. The maximum atomic E-state index is 12.5. The molecule has 3 rings (SSSR count). The van der Waals surface area contributed by atoms with Gasteiger partial charge >= 0.3 is 5.69 Å². The molecule has 1 atom stereocenters. The minimum absolute atomic E-state index is 0.0760. The second kappa shape index (κ2) is 8.64. The summed E-state index contributed by atoms with van der Waals surface area (Å²) in [6.07, 6.45) is 0.0760. The third-order valence-electron chi connectivity index (χ3n) is 4.75. The van der Waals surface area contributed by atoms with E-state index in [1.807, 2.05) is 13.0 Å². The lowest BCUT2D eigenvalue weighted by atomic mass is 10.1. The molecular weight excluding hydrogens is 374 g/mol. The first-order valence-corrected chi connectivity index (χ1v) is 9.17. The lowest BCUT2D eigenvalue weighted by Crippen LogP contribution is -2.33. The molecule has 0 saturated heterocycles. The van der Waals surface area contributed by atoms with Gasteiger partial charge in [0.1, 0.15) is 11.5 Å². The van der Waals surface area contributed by atoms with Crippen molar-refractivity contribution in [3.8, 4) is 11.5 Å². The van der Waals surface area contributed by atoms with Crippen molar-refractivity contribution in [3.63, 3.8) is 0 Å². The number of benzene rings is 2. The molecule has 2 N–H and O–H groups in total. The highest BCUT2D eigenvalue weighted by Gasteiger charge is 2.16. The van der Waals surface area contributed by atoms with Crippen LogP contribution in [0.25, 0.3) is 10.9 Å². The molecule has 3 aromatic rings. The van der Waals surface area contributed by atoms with Gasteiger partial charge in [-0.1, -0.05) is 12.1 Å². The Morgan fingerprint density at radius 2 is 1.90 bits per heavy atom. The summed E-state index contributed by atoms with van der Waals surface area (Å²) in [6.45, 7) is 1.99. The number of nitrogens with zero attached hydrogens (tertiary/aromatic N) is 1. The number of aromatic amines is 1. The number of ether oxygens (including phenoxy) is 2. The monoisotopic (exact) mass is 397 g/mol. The second-order valence-corrected chi connectivity index (χ2v) is 6.58. The summed E-state index contributed by atoms with van der Waals surface area (Å²) in [7, 11) is 3.13. The number of aryl methyl sites for hydroxylation is 1. The van der Waals surface area contributed by atoms with Gasteiger partial charge < -0.3 is 14.8 Å². The molecule has 1 amide bonds. The van der Waals surface area contributed by atoms with Crippen LogP contribution in [0.4, 0.5) is 0 Å². The molecule has 1 aromatic heterocycles.